The maximum absolute atomic E-state index is 13.4. The first-order chi connectivity index (χ1) is 24.7. The molecule has 0 bridgehead atoms. The lowest BCUT2D eigenvalue weighted by Crippen LogP contribution is -2.32. The van der Waals surface area contributed by atoms with Crippen molar-refractivity contribution in [3.63, 3.8) is 0 Å². The Kier molecular flexibility index (Phi) is 13.4. The quantitative estimate of drug-likeness (QED) is 0.0443. The lowest BCUT2D eigenvalue weighted by molar-refractivity contribution is 0.0436. The Labute approximate surface area is 307 Å². The number of amides is 2. The van der Waals surface area contributed by atoms with Crippen molar-refractivity contribution in [1.29, 1.82) is 0 Å². The summed E-state index contributed by atoms with van der Waals surface area (Å²) in [6.45, 7) is 7.42. The molecular formula is C38H43ClN2O9S. The highest BCUT2D eigenvalue weighted by Crippen LogP contribution is 2.48. The second-order valence-corrected chi connectivity index (χ2v) is 12.9. The molecule has 13 heteroatoms. The smallest absolute Gasteiger partial charge is 0.350 e. The number of ether oxygens (including phenoxy) is 6. The van der Waals surface area contributed by atoms with Crippen LogP contribution < -0.4 is 34.1 Å². The van der Waals surface area contributed by atoms with Gasteiger partial charge < -0.3 is 38.8 Å². The Morgan fingerprint density at radius 3 is 2.02 bits per heavy atom. The van der Waals surface area contributed by atoms with E-state index in [4.69, 9.17) is 40.0 Å². The topological polar surface area (TPSA) is 128 Å². The van der Waals surface area contributed by atoms with E-state index in [0.717, 1.165) is 16.0 Å². The standard InChI is InChI=1S/C38H43ClN2O9S/c1-5-46-34-22-25(23-35(47-6-2)37(34)48-7-3)32-17-16-31(50-32)24-20-30(40-38(43)41(44)27-10-8-26(39)9-11-27)36(33(21-24)45-4)49-18-19-51-29-14-12-28(42)13-15-29/h8-15,20-23,31-32,42,44H,5-7,16-19H2,1-4H3,(H,40,43). The summed E-state index contributed by atoms with van der Waals surface area (Å²) in [5.74, 6) is 3.21. The van der Waals surface area contributed by atoms with Crippen LogP contribution in [0.4, 0.5) is 16.2 Å². The van der Waals surface area contributed by atoms with Crippen LogP contribution >= 0.6 is 23.4 Å². The average molecular weight is 739 g/mol. The summed E-state index contributed by atoms with van der Waals surface area (Å²) in [5, 5.41) is 24.1. The molecule has 5 rings (SSSR count). The zero-order valence-corrected chi connectivity index (χ0v) is 30.6. The van der Waals surface area contributed by atoms with Crippen LogP contribution in [0.2, 0.25) is 5.02 Å². The second kappa shape index (κ2) is 18.1. The molecular weight excluding hydrogens is 696 g/mol. The van der Waals surface area contributed by atoms with E-state index < -0.39 is 6.03 Å². The normalized spacial score (nSPS) is 15.3. The molecule has 51 heavy (non-hydrogen) atoms. The molecule has 1 fully saturated rings. The molecule has 2 amide bonds. The molecule has 11 nitrogen and oxygen atoms in total. The number of benzene rings is 4. The van der Waals surface area contributed by atoms with Crippen LogP contribution in [0.3, 0.4) is 0 Å². The molecule has 0 spiro atoms. The first-order valence-corrected chi connectivity index (χ1v) is 18.1. The number of hydrogen-bond acceptors (Lipinski definition) is 10. The van der Waals surface area contributed by atoms with Crippen LogP contribution in [0.15, 0.2) is 77.7 Å². The molecule has 2 atom stereocenters. The molecule has 3 N–H and O–H groups in total. The van der Waals surface area contributed by atoms with Crippen molar-refractivity contribution in [3.8, 4) is 34.5 Å². The predicted molar refractivity (Wildman–Crippen MR) is 198 cm³/mol. The number of nitrogens with zero attached hydrogens (tertiary/aromatic N) is 1. The van der Waals surface area contributed by atoms with Crippen LogP contribution in [-0.4, -0.2) is 55.6 Å². The number of urea groups is 1. The highest BCUT2D eigenvalue weighted by Gasteiger charge is 2.31. The Bertz CT molecular complexity index is 1730. The maximum atomic E-state index is 13.4. The van der Waals surface area contributed by atoms with E-state index in [1.807, 2.05) is 51.1 Å². The minimum atomic E-state index is -0.814. The third-order valence-corrected chi connectivity index (χ3v) is 9.16. The molecule has 4 aromatic carbocycles. The molecule has 0 aromatic heterocycles. The van der Waals surface area contributed by atoms with Gasteiger partial charge in [-0.3, -0.25) is 5.21 Å². The summed E-state index contributed by atoms with van der Waals surface area (Å²) >= 11 is 7.55. The van der Waals surface area contributed by atoms with Crippen molar-refractivity contribution in [2.45, 2.75) is 50.7 Å². The van der Waals surface area contributed by atoms with Gasteiger partial charge in [0.15, 0.2) is 23.0 Å². The number of thioether (sulfide) groups is 1. The third kappa shape index (κ3) is 9.65. The largest absolute Gasteiger partial charge is 0.508 e. The summed E-state index contributed by atoms with van der Waals surface area (Å²) < 4.78 is 36.4. The second-order valence-electron chi connectivity index (χ2n) is 11.3. The van der Waals surface area contributed by atoms with Crippen molar-refractivity contribution < 1.29 is 43.5 Å². The zero-order chi connectivity index (χ0) is 36.3. The van der Waals surface area contributed by atoms with Crippen LogP contribution in [0.25, 0.3) is 0 Å². The van der Waals surface area contributed by atoms with Crippen molar-refractivity contribution in [2.75, 3.05) is 49.7 Å². The summed E-state index contributed by atoms with van der Waals surface area (Å²) in [6.07, 6.45) is 0.785. The number of aromatic hydroxyl groups is 1. The van der Waals surface area contributed by atoms with Gasteiger partial charge in [0.1, 0.15) is 5.75 Å². The molecule has 1 aliphatic rings. The summed E-state index contributed by atoms with van der Waals surface area (Å²) in [6, 6.07) is 19.8. The minimum absolute atomic E-state index is 0.194. The van der Waals surface area contributed by atoms with Crippen LogP contribution in [0.1, 0.15) is 56.9 Å². The number of phenolic OH excluding ortho intramolecular Hbond substituents is 1. The summed E-state index contributed by atoms with van der Waals surface area (Å²) in [7, 11) is 1.53. The fraction of sp³-hybridized carbons (Fsp3) is 0.342. The Morgan fingerprint density at radius 1 is 0.843 bits per heavy atom. The highest BCUT2D eigenvalue weighted by atomic mass is 35.5. The van der Waals surface area contributed by atoms with Gasteiger partial charge in [-0.05, 0) is 118 Å². The van der Waals surface area contributed by atoms with Crippen LogP contribution in [0, 0.1) is 0 Å². The zero-order valence-electron chi connectivity index (χ0n) is 29.0. The number of rotatable bonds is 16. The van der Waals surface area contributed by atoms with Crippen molar-refractivity contribution >= 4 is 40.8 Å². The molecule has 4 aromatic rings. The lowest BCUT2D eigenvalue weighted by Gasteiger charge is -2.22. The van der Waals surface area contributed by atoms with Gasteiger partial charge in [0, 0.05) is 15.7 Å². The van der Waals surface area contributed by atoms with Gasteiger partial charge >= 0.3 is 6.03 Å². The number of hydroxylamine groups is 1. The fourth-order valence-corrected chi connectivity index (χ4v) is 6.50. The fourth-order valence-electron chi connectivity index (χ4n) is 5.64. The molecule has 1 saturated heterocycles. The molecule has 2 unspecified atom stereocenters. The van der Waals surface area contributed by atoms with E-state index >= 15 is 0 Å². The van der Waals surface area contributed by atoms with Gasteiger partial charge in [-0.25, -0.2) is 4.79 Å². The number of carbonyl (C=O) groups excluding carboxylic acids is 1. The Hall–Kier alpha value is -4.49. The minimum Gasteiger partial charge on any atom is -0.508 e. The monoisotopic (exact) mass is 738 g/mol. The highest BCUT2D eigenvalue weighted by molar-refractivity contribution is 7.99. The van der Waals surface area contributed by atoms with Crippen molar-refractivity contribution in [1.82, 2.24) is 0 Å². The van der Waals surface area contributed by atoms with Gasteiger partial charge in [-0.15, -0.1) is 11.8 Å². The maximum Gasteiger partial charge on any atom is 0.350 e. The first-order valence-electron chi connectivity index (χ1n) is 16.8. The van der Waals surface area contributed by atoms with Gasteiger partial charge in [-0.2, -0.15) is 5.06 Å². The molecule has 1 heterocycles. The summed E-state index contributed by atoms with van der Waals surface area (Å²) in [4.78, 5) is 14.3. The lowest BCUT2D eigenvalue weighted by atomic mass is 10.0. The van der Waals surface area contributed by atoms with E-state index in [9.17, 15) is 15.1 Å². The van der Waals surface area contributed by atoms with E-state index in [-0.39, 0.29) is 30.3 Å². The number of phenols is 1. The van der Waals surface area contributed by atoms with Crippen LogP contribution in [0.5, 0.6) is 34.5 Å². The van der Waals surface area contributed by atoms with Crippen LogP contribution in [-0.2, 0) is 4.74 Å². The van der Waals surface area contributed by atoms with Crippen molar-refractivity contribution in [2.24, 2.45) is 0 Å². The molecule has 1 aliphatic heterocycles. The van der Waals surface area contributed by atoms with Crippen molar-refractivity contribution in [3.05, 3.63) is 88.9 Å². The summed E-state index contributed by atoms with van der Waals surface area (Å²) in [5.41, 5.74) is 2.18. The number of nitrogens with one attached hydrogen (secondary N) is 1. The number of halogens is 1. The SMILES string of the molecule is CCOc1cc(C2CCC(c3cc(NC(=O)N(O)c4ccc(Cl)cc4)c(OCCSc4ccc(O)cc4)c(OC)c3)O2)cc(OCC)c1OCC. The molecule has 0 radical (unpaired) electrons. The molecule has 0 aliphatic carbocycles. The molecule has 272 valence electrons. The number of anilines is 2. The Balaban J connectivity index is 1.41. The first kappa shape index (κ1) is 37.8. The number of carbonyl (C=O) groups is 1. The van der Waals surface area contributed by atoms with E-state index in [0.29, 0.717) is 82.9 Å². The number of hydrogen-bond donors (Lipinski definition) is 3. The average Bonchev–Trinajstić information content (AvgIpc) is 3.63. The van der Waals surface area contributed by atoms with E-state index in [1.54, 1.807) is 42.1 Å². The van der Waals surface area contributed by atoms with Gasteiger partial charge in [0.05, 0.1) is 57.1 Å². The van der Waals surface area contributed by atoms with Gasteiger partial charge in [0.25, 0.3) is 0 Å². The Morgan fingerprint density at radius 2 is 1.43 bits per heavy atom. The van der Waals surface area contributed by atoms with E-state index in [2.05, 4.69) is 5.32 Å². The van der Waals surface area contributed by atoms with E-state index in [1.165, 1.54) is 19.2 Å². The predicted octanol–water partition coefficient (Wildman–Crippen LogP) is 9.44. The van der Waals surface area contributed by atoms with Gasteiger partial charge in [-0.1, -0.05) is 11.6 Å². The molecule has 0 saturated carbocycles. The van der Waals surface area contributed by atoms with Gasteiger partial charge in [0.2, 0.25) is 5.75 Å². The third-order valence-electron chi connectivity index (χ3n) is 7.93. The number of methoxy groups -OCH3 is 1.